The molecule has 34 heavy (non-hydrogen) atoms. The Morgan fingerprint density at radius 1 is 1.06 bits per heavy atom. The molecule has 2 atom stereocenters. The third kappa shape index (κ3) is 4.54. The minimum atomic E-state index is -1.40. The summed E-state index contributed by atoms with van der Waals surface area (Å²) >= 11 is 0. The number of nitrogen functional groups attached to an aromatic ring is 1. The topological polar surface area (TPSA) is 97.3 Å². The second-order valence-corrected chi connectivity index (χ2v) is 8.50. The molecule has 0 aliphatic carbocycles. The second kappa shape index (κ2) is 9.30. The number of benzene rings is 2. The molecule has 1 aliphatic rings. The Kier molecular flexibility index (Phi) is 6.43. The zero-order chi connectivity index (χ0) is 24.6. The highest BCUT2D eigenvalue weighted by molar-refractivity contribution is 6.06. The third-order valence-corrected chi connectivity index (χ3v) is 5.73. The van der Waals surface area contributed by atoms with Gasteiger partial charge in [-0.2, -0.15) is 0 Å². The van der Waals surface area contributed by atoms with Crippen LogP contribution in [0, 0.1) is 29.2 Å². The monoisotopic (exact) mass is 473 g/mol. The number of anilines is 3. The molecule has 1 aliphatic heterocycles. The van der Waals surface area contributed by atoms with E-state index >= 15 is 4.39 Å². The minimum Gasteiger partial charge on any atom is -0.399 e. The van der Waals surface area contributed by atoms with Crippen molar-refractivity contribution in [3.05, 3.63) is 71.6 Å². The predicted octanol–water partition coefficient (Wildman–Crippen LogP) is 4.31. The summed E-state index contributed by atoms with van der Waals surface area (Å²) in [5, 5.41) is 2.58. The van der Waals surface area contributed by atoms with E-state index < -0.39 is 45.9 Å². The van der Waals surface area contributed by atoms with Crippen molar-refractivity contribution in [1.29, 1.82) is 0 Å². The standard InChI is InChI=1S/C24H23F4N5O/c1-12-6-14(30)11-33(10-12)20-4-5-31-9-19(20)32-24(34)15-2-3-16(25)22(23(15)28)21-17(26)7-13(29)8-18(21)27/h2-5,7-9,12,14H,6,10-11,29-30H2,1H3,(H,32,34)/t12-,14+/m1/s1. The summed E-state index contributed by atoms with van der Waals surface area (Å²) in [4.78, 5) is 19.0. The first-order chi connectivity index (χ1) is 16.2. The number of nitrogens with zero attached hydrogens (tertiary/aromatic N) is 2. The highest BCUT2D eigenvalue weighted by atomic mass is 19.1. The molecule has 0 unspecified atom stereocenters. The number of pyridine rings is 1. The lowest BCUT2D eigenvalue weighted by atomic mass is 9.96. The Morgan fingerprint density at radius 2 is 1.76 bits per heavy atom. The van der Waals surface area contributed by atoms with Gasteiger partial charge in [-0.1, -0.05) is 6.92 Å². The number of carbonyl (C=O) groups is 1. The first kappa shape index (κ1) is 23.5. The van der Waals surface area contributed by atoms with Crippen molar-refractivity contribution in [2.24, 2.45) is 11.7 Å². The Hall–Kier alpha value is -3.66. The van der Waals surface area contributed by atoms with Gasteiger partial charge in [0.2, 0.25) is 0 Å². The zero-order valence-electron chi connectivity index (χ0n) is 18.3. The van der Waals surface area contributed by atoms with E-state index in [1.54, 1.807) is 12.3 Å². The maximum Gasteiger partial charge on any atom is 0.258 e. The van der Waals surface area contributed by atoms with Crippen molar-refractivity contribution in [2.75, 3.05) is 29.0 Å². The molecule has 1 amide bonds. The molecule has 5 N–H and O–H groups in total. The summed E-state index contributed by atoms with van der Waals surface area (Å²) in [6, 6.07) is 4.82. The van der Waals surface area contributed by atoms with E-state index in [4.69, 9.17) is 11.5 Å². The van der Waals surface area contributed by atoms with Crippen molar-refractivity contribution in [3.8, 4) is 11.1 Å². The van der Waals surface area contributed by atoms with Crippen LogP contribution in [-0.4, -0.2) is 30.0 Å². The van der Waals surface area contributed by atoms with Gasteiger partial charge in [0.25, 0.3) is 5.91 Å². The van der Waals surface area contributed by atoms with Gasteiger partial charge in [0.05, 0.1) is 34.3 Å². The van der Waals surface area contributed by atoms with E-state index in [0.717, 1.165) is 30.7 Å². The van der Waals surface area contributed by atoms with Crippen LogP contribution in [0.25, 0.3) is 11.1 Å². The fraction of sp³-hybridized carbons (Fsp3) is 0.250. The van der Waals surface area contributed by atoms with Gasteiger partial charge in [0.1, 0.15) is 23.3 Å². The fourth-order valence-electron chi connectivity index (χ4n) is 4.33. The molecule has 178 valence electrons. The number of carbonyl (C=O) groups excluding carboxylic acids is 1. The van der Waals surface area contributed by atoms with Gasteiger partial charge < -0.3 is 21.7 Å². The summed E-state index contributed by atoms with van der Waals surface area (Å²) in [6.45, 7) is 3.32. The van der Waals surface area contributed by atoms with Crippen LogP contribution in [0.4, 0.5) is 34.6 Å². The quantitative estimate of drug-likeness (QED) is 0.388. The molecule has 6 nitrogen and oxygen atoms in total. The van der Waals surface area contributed by atoms with Crippen molar-refractivity contribution in [1.82, 2.24) is 4.98 Å². The molecular weight excluding hydrogens is 450 g/mol. The fourth-order valence-corrected chi connectivity index (χ4v) is 4.33. The maximum absolute atomic E-state index is 15.3. The van der Waals surface area contributed by atoms with E-state index in [-0.39, 0.29) is 11.7 Å². The van der Waals surface area contributed by atoms with Crippen molar-refractivity contribution < 1.29 is 22.4 Å². The maximum atomic E-state index is 15.3. The van der Waals surface area contributed by atoms with Gasteiger partial charge in [-0.15, -0.1) is 0 Å². The number of halogens is 4. The van der Waals surface area contributed by atoms with Crippen molar-refractivity contribution in [3.63, 3.8) is 0 Å². The van der Waals surface area contributed by atoms with E-state index in [9.17, 15) is 18.0 Å². The minimum absolute atomic E-state index is 0.0535. The van der Waals surface area contributed by atoms with E-state index in [1.165, 1.54) is 6.20 Å². The van der Waals surface area contributed by atoms with Gasteiger partial charge in [-0.25, -0.2) is 17.6 Å². The molecular formula is C24H23F4N5O. The van der Waals surface area contributed by atoms with Crippen LogP contribution in [0.3, 0.4) is 0 Å². The molecule has 2 aromatic carbocycles. The molecule has 2 heterocycles. The van der Waals surface area contributed by atoms with E-state index in [1.807, 2.05) is 4.90 Å². The normalized spacial score (nSPS) is 18.1. The number of piperidine rings is 1. The Morgan fingerprint density at radius 3 is 2.44 bits per heavy atom. The molecule has 1 saturated heterocycles. The number of aromatic nitrogens is 1. The number of hydrogen-bond acceptors (Lipinski definition) is 5. The van der Waals surface area contributed by atoms with Gasteiger partial charge in [-0.05, 0) is 42.7 Å². The first-order valence-electron chi connectivity index (χ1n) is 10.6. The van der Waals surface area contributed by atoms with Crippen LogP contribution in [0.5, 0.6) is 0 Å². The molecule has 0 saturated carbocycles. The average molecular weight is 473 g/mol. The lowest BCUT2D eigenvalue weighted by Crippen LogP contribution is -2.46. The Labute approximate surface area is 193 Å². The van der Waals surface area contributed by atoms with Gasteiger partial charge >= 0.3 is 0 Å². The third-order valence-electron chi connectivity index (χ3n) is 5.73. The molecule has 0 radical (unpaired) electrons. The molecule has 0 bridgehead atoms. The summed E-state index contributed by atoms with van der Waals surface area (Å²) in [6.07, 6.45) is 3.82. The van der Waals surface area contributed by atoms with Crippen molar-refractivity contribution >= 4 is 23.0 Å². The molecule has 1 fully saturated rings. The molecule has 3 aromatic rings. The number of rotatable bonds is 4. The lowest BCUT2D eigenvalue weighted by Gasteiger charge is -2.37. The molecule has 4 rings (SSSR count). The van der Waals surface area contributed by atoms with Crippen LogP contribution < -0.4 is 21.7 Å². The largest absolute Gasteiger partial charge is 0.399 e. The SMILES string of the molecule is C[C@@H]1C[C@H](N)CN(c2ccncc2NC(=O)c2ccc(F)c(-c3c(F)cc(N)cc3F)c2F)C1. The Balaban J connectivity index is 1.70. The van der Waals surface area contributed by atoms with Crippen molar-refractivity contribution in [2.45, 2.75) is 19.4 Å². The van der Waals surface area contributed by atoms with Gasteiger partial charge in [-0.3, -0.25) is 9.78 Å². The number of nitrogens with one attached hydrogen (secondary N) is 1. The van der Waals surface area contributed by atoms with E-state index in [2.05, 4.69) is 17.2 Å². The summed E-state index contributed by atoms with van der Waals surface area (Å²) in [7, 11) is 0. The highest BCUT2D eigenvalue weighted by Crippen LogP contribution is 2.34. The van der Waals surface area contributed by atoms with Crippen LogP contribution in [-0.2, 0) is 0 Å². The van der Waals surface area contributed by atoms with Crippen LogP contribution >= 0.6 is 0 Å². The number of hydrogen-bond donors (Lipinski definition) is 3. The first-order valence-corrected chi connectivity index (χ1v) is 10.6. The average Bonchev–Trinajstić information content (AvgIpc) is 2.75. The van der Waals surface area contributed by atoms with Crippen LogP contribution in [0.2, 0.25) is 0 Å². The van der Waals surface area contributed by atoms with Crippen LogP contribution in [0.1, 0.15) is 23.7 Å². The predicted molar refractivity (Wildman–Crippen MR) is 122 cm³/mol. The molecule has 10 heteroatoms. The summed E-state index contributed by atoms with van der Waals surface area (Å²) in [5.74, 6) is -5.74. The molecule has 1 aromatic heterocycles. The van der Waals surface area contributed by atoms with Gasteiger partial charge in [0.15, 0.2) is 0 Å². The summed E-state index contributed by atoms with van der Waals surface area (Å²) < 4.78 is 58.5. The highest BCUT2D eigenvalue weighted by Gasteiger charge is 2.27. The van der Waals surface area contributed by atoms with Crippen LogP contribution in [0.15, 0.2) is 42.7 Å². The number of nitrogens with two attached hydrogens (primary N) is 2. The number of amides is 1. The van der Waals surface area contributed by atoms with E-state index in [0.29, 0.717) is 30.4 Å². The second-order valence-electron chi connectivity index (χ2n) is 8.50. The summed E-state index contributed by atoms with van der Waals surface area (Å²) in [5.41, 5.74) is 9.68. The Bertz CT molecular complexity index is 1220. The lowest BCUT2D eigenvalue weighted by molar-refractivity contribution is 0.102. The zero-order valence-corrected chi connectivity index (χ0v) is 18.3. The van der Waals surface area contributed by atoms with Gasteiger partial charge in [0, 0.05) is 31.0 Å². The smallest absolute Gasteiger partial charge is 0.258 e. The molecule has 0 spiro atoms.